The normalized spacial score (nSPS) is 23.2. The summed E-state index contributed by atoms with van der Waals surface area (Å²) in [5.74, 6) is -1.62. The number of amidine groups is 1. The highest BCUT2D eigenvalue weighted by molar-refractivity contribution is 6.01. The molecule has 0 bridgehead atoms. The second-order valence-corrected chi connectivity index (χ2v) is 13.7. The molecule has 0 saturated carbocycles. The summed E-state index contributed by atoms with van der Waals surface area (Å²) < 4.78 is 0. The zero-order valence-electron chi connectivity index (χ0n) is 32.3. The van der Waals surface area contributed by atoms with Crippen molar-refractivity contribution in [1.82, 2.24) is 21.3 Å². The van der Waals surface area contributed by atoms with Crippen molar-refractivity contribution in [3.05, 3.63) is 117 Å². The summed E-state index contributed by atoms with van der Waals surface area (Å²) in [5.41, 5.74) is 21.6. The second kappa shape index (κ2) is 20.0. The van der Waals surface area contributed by atoms with Gasteiger partial charge in [-0.25, -0.2) is 0 Å². The van der Waals surface area contributed by atoms with Gasteiger partial charge in [-0.05, 0) is 54.8 Å². The van der Waals surface area contributed by atoms with Crippen LogP contribution >= 0.6 is 0 Å². The lowest BCUT2D eigenvalue weighted by atomic mass is 10.0. The van der Waals surface area contributed by atoms with Gasteiger partial charge in [-0.2, -0.15) is 0 Å². The Morgan fingerprint density at radius 2 is 1.16 bits per heavy atom. The molecule has 0 heterocycles. The van der Waals surface area contributed by atoms with Crippen LogP contribution in [-0.4, -0.2) is 61.1 Å². The van der Waals surface area contributed by atoms with E-state index in [4.69, 9.17) is 27.7 Å². The molecule has 0 aromatic heterocycles. The number of aldehydes is 1. The molecule has 0 radical (unpaired) electrons. The molecule has 5 atom stereocenters. The largest absolute Gasteiger partial charge is 0.400 e. The number of nitrogens with two attached hydrogens (primary N) is 3. The number of hydrogen-bond donors (Lipinski definition) is 9. The van der Waals surface area contributed by atoms with Crippen LogP contribution in [0.4, 0.5) is 0 Å². The molecule has 0 fully saturated rings. The highest BCUT2D eigenvalue weighted by Gasteiger charge is 2.29. The van der Waals surface area contributed by atoms with Crippen LogP contribution < -0.4 is 38.5 Å². The molecule has 5 unspecified atom stereocenters. The molecule has 14 nitrogen and oxygen atoms in total. The number of amides is 4. The van der Waals surface area contributed by atoms with Gasteiger partial charge in [0.05, 0.1) is 5.84 Å². The predicted octanol–water partition coefficient (Wildman–Crippen LogP) is 2.22. The Kier molecular flexibility index (Phi) is 15.8. The average Bonchev–Trinajstić information content (AvgIpc) is 3.96. The number of carbonyl (C=O) groups is 5. The van der Waals surface area contributed by atoms with E-state index in [1.807, 2.05) is 71.1 Å². The molecule has 0 aromatic rings. The Balaban J connectivity index is 0.000000926. The van der Waals surface area contributed by atoms with Crippen LogP contribution in [0.15, 0.2) is 117 Å². The zero-order chi connectivity index (χ0) is 41.0. The average molecular weight is 755 g/mol. The Hall–Kier alpha value is -5.86. The van der Waals surface area contributed by atoms with Crippen molar-refractivity contribution >= 4 is 35.8 Å². The second-order valence-electron chi connectivity index (χ2n) is 13.7. The van der Waals surface area contributed by atoms with Crippen LogP contribution in [0.25, 0.3) is 0 Å². The summed E-state index contributed by atoms with van der Waals surface area (Å²) in [5, 5.41) is 25.6. The van der Waals surface area contributed by atoms with Crippen molar-refractivity contribution in [3.8, 4) is 0 Å². The smallest absolute Gasteiger partial charge is 0.252 e. The van der Waals surface area contributed by atoms with Crippen LogP contribution in [0.1, 0.15) is 47.5 Å². The number of aliphatic hydroxyl groups excluding tert-OH is 1. The molecule has 294 valence electrons. The lowest BCUT2D eigenvalue weighted by Crippen LogP contribution is -2.26. The molecule has 0 saturated heterocycles. The van der Waals surface area contributed by atoms with Crippen molar-refractivity contribution in [2.45, 2.75) is 47.5 Å². The van der Waals surface area contributed by atoms with E-state index in [-0.39, 0.29) is 53.1 Å². The molecule has 5 aliphatic rings. The van der Waals surface area contributed by atoms with Crippen LogP contribution in [0.2, 0.25) is 0 Å². The molecule has 0 spiro atoms. The van der Waals surface area contributed by atoms with Gasteiger partial charge in [0, 0.05) is 94.4 Å². The first-order chi connectivity index (χ1) is 26.1. The van der Waals surface area contributed by atoms with Gasteiger partial charge in [-0.3, -0.25) is 29.4 Å². The third-order valence-corrected chi connectivity index (χ3v) is 9.51. The lowest BCUT2D eigenvalue weighted by molar-refractivity contribution is -0.118. The summed E-state index contributed by atoms with van der Waals surface area (Å²) in [6, 6.07) is 0. The fourth-order valence-electron chi connectivity index (χ4n) is 6.49. The van der Waals surface area contributed by atoms with Crippen molar-refractivity contribution in [2.75, 3.05) is 20.2 Å². The minimum Gasteiger partial charge on any atom is -0.400 e. The summed E-state index contributed by atoms with van der Waals surface area (Å²) in [4.78, 5) is 62.3. The van der Waals surface area contributed by atoms with Crippen LogP contribution in [0.5, 0.6) is 0 Å². The summed E-state index contributed by atoms with van der Waals surface area (Å²) in [7, 11) is 1.00. The molecule has 55 heavy (non-hydrogen) atoms. The molecular formula is C41H54N8O6. The van der Waals surface area contributed by atoms with E-state index in [9.17, 15) is 24.0 Å². The summed E-state index contributed by atoms with van der Waals surface area (Å²) in [6.45, 7) is 10.7. The quantitative estimate of drug-likeness (QED) is 0.0715. The number of hydrogen-bond acceptors (Lipinski definition) is 9. The maximum absolute atomic E-state index is 13.2. The molecular weight excluding hydrogens is 701 g/mol. The molecule has 5 aliphatic carbocycles. The van der Waals surface area contributed by atoms with Crippen LogP contribution in [0.3, 0.4) is 0 Å². The standard InChI is InChI=1S/C37H41N5O5.C3H9N3.CH4O/c1-6-23-12-30(13-26(23)18-43)42-37(47)33-16-29(10-22(33)5)41-36(46)32-15-28(9-21(32)4)40-35(45)31-14-27(8-20(31)3)39-17-25-11-24(34(38)44)7-19(25)2;4-2-1-3(5)6;1-2/h7-16,18-23,39H,6,17H2,1-5H3,(H2,38,44)(H,40,45)(H,41,46)(H,42,47);1-2,4H2,(H3,5,6);2H,1H3. The number of aliphatic hydroxyl groups is 1. The van der Waals surface area contributed by atoms with Crippen molar-refractivity contribution < 1.29 is 29.1 Å². The molecule has 5 rings (SSSR count). The van der Waals surface area contributed by atoms with Crippen molar-refractivity contribution in [1.29, 1.82) is 5.41 Å². The van der Waals surface area contributed by atoms with Gasteiger partial charge in [0.25, 0.3) is 17.7 Å². The topological polar surface area (TPSA) is 256 Å². The maximum atomic E-state index is 13.2. The van der Waals surface area contributed by atoms with Gasteiger partial charge in [0.1, 0.15) is 6.29 Å². The fraction of sp³-hybridized carbons (Fsp3) is 0.366. The predicted molar refractivity (Wildman–Crippen MR) is 213 cm³/mol. The third kappa shape index (κ3) is 11.6. The van der Waals surface area contributed by atoms with E-state index < -0.39 is 5.91 Å². The molecule has 0 aliphatic heterocycles. The fourth-order valence-corrected chi connectivity index (χ4v) is 6.49. The minimum atomic E-state index is -0.447. The van der Waals surface area contributed by atoms with Crippen LogP contribution in [0, 0.1) is 35.0 Å². The molecule has 14 heteroatoms. The van der Waals surface area contributed by atoms with Gasteiger partial charge >= 0.3 is 0 Å². The van der Waals surface area contributed by atoms with E-state index in [1.165, 1.54) is 0 Å². The van der Waals surface area contributed by atoms with E-state index >= 15 is 0 Å². The summed E-state index contributed by atoms with van der Waals surface area (Å²) >= 11 is 0. The van der Waals surface area contributed by atoms with Gasteiger partial charge in [0.15, 0.2) is 0 Å². The number of allylic oxidation sites excluding steroid dienone is 10. The lowest BCUT2D eigenvalue weighted by Gasteiger charge is -2.10. The van der Waals surface area contributed by atoms with Crippen molar-refractivity contribution in [3.63, 3.8) is 0 Å². The monoisotopic (exact) mass is 754 g/mol. The van der Waals surface area contributed by atoms with Gasteiger partial charge in [-0.15, -0.1) is 0 Å². The number of carbonyl (C=O) groups excluding carboxylic acids is 5. The Bertz CT molecular complexity index is 1900. The van der Waals surface area contributed by atoms with Gasteiger partial charge in [0.2, 0.25) is 5.91 Å². The van der Waals surface area contributed by atoms with Crippen molar-refractivity contribution in [2.24, 2.45) is 46.8 Å². The van der Waals surface area contributed by atoms with E-state index in [1.54, 1.807) is 24.3 Å². The van der Waals surface area contributed by atoms with Crippen LogP contribution in [-0.2, 0) is 24.0 Å². The maximum Gasteiger partial charge on any atom is 0.252 e. The van der Waals surface area contributed by atoms with E-state index in [2.05, 4.69) is 21.3 Å². The Morgan fingerprint density at radius 3 is 1.53 bits per heavy atom. The number of nitrogens with one attached hydrogen (secondary N) is 5. The first kappa shape index (κ1) is 43.5. The number of primary amides is 1. The first-order valence-electron chi connectivity index (χ1n) is 18.2. The first-order valence-corrected chi connectivity index (χ1v) is 18.2. The third-order valence-electron chi connectivity index (χ3n) is 9.51. The highest BCUT2D eigenvalue weighted by Crippen LogP contribution is 2.30. The summed E-state index contributed by atoms with van der Waals surface area (Å²) in [6.07, 6.45) is 20.1. The SMILES string of the molecule is CCC1C=C(NC(=O)C2=CC(NC(=O)C3=CC(NC(=O)C4=CC(NCC5=CC(C(N)=O)=CC5C)=CC4C)=CC3C)=CC2C)C=C1C=O.CO.N=C(N)CCN. The zero-order valence-corrected chi connectivity index (χ0v) is 32.3. The highest BCUT2D eigenvalue weighted by atomic mass is 16.2. The van der Waals surface area contributed by atoms with E-state index in [0.29, 0.717) is 64.5 Å². The minimum absolute atomic E-state index is 0.00730. The van der Waals surface area contributed by atoms with Gasteiger partial charge < -0.3 is 43.6 Å². The van der Waals surface area contributed by atoms with Gasteiger partial charge in [-0.1, -0.05) is 65.0 Å². The molecule has 12 N–H and O–H groups in total. The Labute approximate surface area is 322 Å². The molecule has 4 amide bonds. The Morgan fingerprint density at radius 1 is 0.709 bits per heavy atom. The number of rotatable bonds is 14. The van der Waals surface area contributed by atoms with E-state index in [0.717, 1.165) is 31.1 Å². The molecule has 0 aromatic carbocycles.